The number of benzene rings is 4. The largest absolute Gasteiger partial charge is 0.487 e. The summed E-state index contributed by atoms with van der Waals surface area (Å²) in [6.07, 6.45) is 1.57. The van der Waals surface area contributed by atoms with Crippen LogP contribution in [0.2, 0.25) is 10.0 Å². The lowest BCUT2D eigenvalue weighted by Gasteiger charge is -2.13. The van der Waals surface area contributed by atoms with Crippen LogP contribution >= 0.6 is 55.1 Å². The maximum atomic E-state index is 12.8. The second kappa shape index (κ2) is 13.1. The second-order valence-corrected chi connectivity index (χ2v) is 11.7. The molecule has 5 rings (SSSR count). The molecule has 1 heterocycles. The highest BCUT2D eigenvalue weighted by Crippen LogP contribution is 2.35. The Morgan fingerprint density at radius 3 is 2.29 bits per heavy atom. The van der Waals surface area contributed by atoms with Crippen molar-refractivity contribution in [3.05, 3.63) is 138 Å². The van der Waals surface area contributed by atoms with E-state index >= 15 is 0 Å². The van der Waals surface area contributed by atoms with E-state index in [1.165, 1.54) is 0 Å². The van der Waals surface area contributed by atoms with Gasteiger partial charge in [0.2, 0.25) is 0 Å². The summed E-state index contributed by atoms with van der Waals surface area (Å²) in [5.74, 6) is 0.325. The first-order valence-electron chi connectivity index (χ1n) is 12.5. The predicted molar refractivity (Wildman–Crippen MR) is 174 cm³/mol. The van der Waals surface area contributed by atoms with E-state index in [1.54, 1.807) is 30.5 Å². The van der Waals surface area contributed by atoms with Crippen LogP contribution in [0.15, 0.2) is 111 Å². The number of hydrogen-bond donors (Lipinski definition) is 1. The topological polar surface area (TPSA) is 55.6 Å². The highest BCUT2D eigenvalue weighted by atomic mass is 79.9. The Morgan fingerprint density at radius 2 is 1.61 bits per heavy atom. The summed E-state index contributed by atoms with van der Waals surface area (Å²) >= 11 is 19.2. The average molecular weight is 712 g/mol. The summed E-state index contributed by atoms with van der Waals surface area (Å²) < 4.78 is 9.59. The van der Waals surface area contributed by atoms with Crippen molar-refractivity contribution < 1.29 is 9.53 Å². The smallest absolute Gasteiger partial charge is 0.271 e. The molecule has 41 heavy (non-hydrogen) atoms. The number of carbonyl (C=O) groups is 1. The molecule has 1 amide bonds. The summed E-state index contributed by atoms with van der Waals surface area (Å²) in [5, 5.41) is 5.11. The lowest BCUT2D eigenvalue weighted by atomic mass is 10.1. The van der Waals surface area contributed by atoms with Crippen molar-refractivity contribution in [2.75, 3.05) is 0 Å². The average Bonchev–Trinajstić information content (AvgIpc) is 3.36. The number of ether oxygens (including phenoxy) is 1. The van der Waals surface area contributed by atoms with Crippen LogP contribution in [0.1, 0.15) is 27.2 Å². The Bertz CT molecular complexity index is 1710. The van der Waals surface area contributed by atoms with E-state index in [9.17, 15) is 4.79 Å². The third-order valence-electron chi connectivity index (χ3n) is 6.30. The third kappa shape index (κ3) is 6.93. The molecule has 9 heteroatoms. The Hall–Kier alpha value is -3.36. The van der Waals surface area contributed by atoms with Gasteiger partial charge in [0, 0.05) is 16.9 Å². The van der Waals surface area contributed by atoms with Gasteiger partial charge in [-0.15, -0.1) is 0 Å². The Kier molecular flexibility index (Phi) is 9.30. The Balaban J connectivity index is 1.23. The summed E-state index contributed by atoms with van der Waals surface area (Å²) in [5.41, 5.74) is 9.05. The first-order chi connectivity index (χ1) is 19.8. The molecule has 0 aliphatic rings. The van der Waals surface area contributed by atoms with Crippen LogP contribution in [0, 0.1) is 6.92 Å². The molecule has 1 N–H and O–H groups in total. The lowest BCUT2D eigenvalue weighted by molar-refractivity contribution is 0.0955. The molecule has 0 unspecified atom stereocenters. The Labute approximate surface area is 265 Å². The van der Waals surface area contributed by atoms with E-state index in [1.807, 2.05) is 48.5 Å². The normalized spacial score (nSPS) is 11.1. The molecule has 0 radical (unpaired) electrons. The van der Waals surface area contributed by atoms with Crippen molar-refractivity contribution in [3.63, 3.8) is 0 Å². The fraction of sp³-hybridized carbons (Fsp3) is 0.0625. The van der Waals surface area contributed by atoms with E-state index in [2.05, 4.69) is 78.1 Å². The summed E-state index contributed by atoms with van der Waals surface area (Å²) in [6, 6.07) is 30.9. The fourth-order valence-corrected chi connectivity index (χ4v) is 6.06. The predicted octanol–water partition coefficient (Wildman–Crippen LogP) is 9.63. The fourth-order valence-electron chi connectivity index (χ4n) is 4.28. The number of rotatable bonds is 8. The molecule has 0 aliphatic heterocycles. The molecule has 0 fully saturated rings. The van der Waals surface area contributed by atoms with Crippen LogP contribution in [-0.2, 0) is 6.61 Å². The Morgan fingerprint density at radius 1 is 0.902 bits per heavy atom. The van der Waals surface area contributed by atoms with Crippen molar-refractivity contribution >= 4 is 67.2 Å². The SMILES string of the molecule is Cc1ccc(-c2ccccc2)n1-c1ccc(C(=O)N/N=C/c2cc(Br)c(OCc3ccc(Cl)c(Cl)c3)c(Br)c2)cc1. The van der Waals surface area contributed by atoms with E-state index in [0.717, 1.165) is 42.7 Å². The molecule has 206 valence electrons. The first kappa shape index (κ1) is 29.1. The standard InChI is InChI=1S/C32H23Br2Cl2N3O2/c1-20-7-14-30(23-5-3-2-4-6-23)39(20)25-11-9-24(10-12-25)32(40)38-37-18-22-15-26(33)31(27(34)16-22)41-19-21-8-13-28(35)29(36)17-21/h2-18H,19H2,1H3,(H,38,40)/b37-18+. The third-order valence-corrected chi connectivity index (χ3v) is 8.22. The van der Waals surface area contributed by atoms with E-state index in [4.69, 9.17) is 27.9 Å². The van der Waals surface area contributed by atoms with Gasteiger partial charge in [0.1, 0.15) is 12.4 Å². The molecule has 0 saturated heterocycles. The van der Waals surface area contributed by atoms with Crippen LogP contribution in [0.4, 0.5) is 0 Å². The van der Waals surface area contributed by atoms with Crippen LogP contribution in [0.3, 0.4) is 0 Å². The molecule has 0 aliphatic carbocycles. The molecular weight excluding hydrogens is 689 g/mol. The number of nitrogens with one attached hydrogen (secondary N) is 1. The van der Waals surface area contributed by atoms with Crippen molar-refractivity contribution in [1.29, 1.82) is 0 Å². The van der Waals surface area contributed by atoms with Gasteiger partial charge in [0.25, 0.3) is 5.91 Å². The molecule has 0 saturated carbocycles. The zero-order valence-electron chi connectivity index (χ0n) is 21.7. The van der Waals surface area contributed by atoms with Crippen LogP contribution in [0.5, 0.6) is 5.75 Å². The number of hydrogen-bond acceptors (Lipinski definition) is 3. The number of carbonyl (C=O) groups excluding carboxylic acids is 1. The quantitative estimate of drug-likeness (QED) is 0.129. The minimum Gasteiger partial charge on any atom is -0.487 e. The number of halogens is 4. The molecule has 0 bridgehead atoms. The van der Waals surface area contributed by atoms with Crippen molar-refractivity contribution in [2.45, 2.75) is 13.5 Å². The highest BCUT2D eigenvalue weighted by Gasteiger charge is 2.12. The molecular formula is C32H23Br2Cl2N3O2. The van der Waals surface area contributed by atoms with Gasteiger partial charge in [-0.1, -0.05) is 59.6 Å². The maximum absolute atomic E-state index is 12.8. The van der Waals surface area contributed by atoms with Gasteiger partial charge in [-0.2, -0.15) is 5.10 Å². The first-order valence-corrected chi connectivity index (χ1v) is 14.9. The van der Waals surface area contributed by atoms with Crippen LogP contribution < -0.4 is 10.2 Å². The van der Waals surface area contributed by atoms with Crippen LogP contribution in [0.25, 0.3) is 16.9 Å². The zero-order chi connectivity index (χ0) is 28.9. The maximum Gasteiger partial charge on any atom is 0.271 e. The van der Waals surface area contributed by atoms with Gasteiger partial charge < -0.3 is 9.30 Å². The number of aryl methyl sites for hydroxylation is 1. The van der Waals surface area contributed by atoms with Crippen molar-refractivity contribution in [1.82, 2.24) is 9.99 Å². The molecule has 0 atom stereocenters. The van der Waals surface area contributed by atoms with E-state index in [0.29, 0.717) is 28.0 Å². The van der Waals surface area contributed by atoms with Crippen molar-refractivity contribution in [3.8, 4) is 22.7 Å². The van der Waals surface area contributed by atoms with Crippen LogP contribution in [-0.4, -0.2) is 16.7 Å². The molecule has 4 aromatic carbocycles. The minimum absolute atomic E-state index is 0.306. The number of hydrazone groups is 1. The molecule has 5 nitrogen and oxygen atoms in total. The van der Waals surface area contributed by atoms with Crippen molar-refractivity contribution in [2.24, 2.45) is 5.10 Å². The monoisotopic (exact) mass is 709 g/mol. The van der Waals surface area contributed by atoms with Gasteiger partial charge in [-0.25, -0.2) is 5.43 Å². The molecule has 1 aromatic heterocycles. The van der Waals surface area contributed by atoms with E-state index < -0.39 is 0 Å². The number of amides is 1. The second-order valence-electron chi connectivity index (χ2n) is 9.16. The van der Waals surface area contributed by atoms with Gasteiger partial charge in [0.05, 0.1) is 30.9 Å². The van der Waals surface area contributed by atoms with E-state index in [-0.39, 0.29) is 5.91 Å². The van der Waals surface area contributed by atoms with Gasteiger partial charge in [-0.3, -0.25) is 4.79 Å². The number of nitrogens with zero attached hydrogens (tertiary/aromatic N) is 2. The summed E-state index contributed by atoms with van der Waals surface area (Å²) in [7, 11) is 0. The van der Waals surface area contributed by atoms with Gasteiger partial charge in [0.15, 0.2) is 0 Å². The minimum atomic E-state index is -0.306. The van der Waals surface area contributed by atoms with Gasteiger partial charge in [-0.05, 0) is 116 Å². The van der Waals surface area contributed by atoms with Gasteiger partial charge >= 0.3 is 0 Å². The summed E-state index contributed by atoms with van der Waals surface area (Å²) in [4.78, 5) is 12.8. The molecule has 5 aromatic rings. The number of aromatic nitrogens is 1. The highest BCUT2D eigenvalue weighted by molar-refractivity contribution is 9.11. The molecule has 0 spiro atoms. The summed E-state index contributed by atoms with van der Waals surface area (Å²) in [6.45, 7) is 2.38. The lowest BCUT2D eigenvalue weighted by Crippen LogP contribution is -2.17. The zero-order valence-corrected chi connectivity index (χ0v) is 26.4.